The molecule has 0 aromatic heterocycles. The third kappa shape index (κ3) is 3.94. The smallest absolute Gasteiger partial charge is 0.243 e. The molecular formula is C19H25NO5S. The molecule has 0 N–H and O–H groups in total. The zero-order chi connectivity index (χ0) is 19.5. The van der Waals surface area contributed by atoms with E-state index in [1.54, 1.807) is 38.2 Å². The van der Waals surface area contributed by atoms with Crippen molar-refractivity contribution in [1.29, 1.82) is 0 Å². The molecule has 0 saturated carbocycles. The van der Waals surface area contributed by atoms with Gasteiger partial charge in [-0.2, -0.15) is 4.31 Å². The Bertz CT molecular complexity index is 868. The Morgan fingerprint density at radius 2 is 1.50 bits per heavy atom. The molecule has 0 spiro atoms. The summed E-state index contributed by atoms with van der Waals surface area (Å²) in [5.74, 6) is 1.44. The molecule has 0 bridgehead atoms. The topological polar surface area (TPSA) is 65.1 Å². The van der Waals surface area contributed by atoms with E-state index in [9.17, 15) is 8.42 Å². The van der Waals surface area contributed by atoms with E-state index in [4.69, 9.17) is 14.2 Å². The van der Waals surface area contributed by atoms with E-state index in [0.717, 1.165) is 16.7 Å². The number of hydrogen-bond donors (Lipinski definition) is 0. The molecular weight excluding hydrogens is 354 g/mol. The Kier molecular flexibility index (Phi) is 6.15. The van der Waals surface area contributed by atoms with E-state index in [1.165, 1.54) is 25.6 Å². The van der Waals surface area contributed by atoms with Crippen LogP contribution < -0.4 is 14.2 Å². The Morgan fingerprint density at radius 1 is 0.923 bits per heavy atom. The molecule has 0 amide bonds. The standard InChI is InChI=1S/C19H25NO5S/c1-13-7-8-18(14(2)9-13)26(21,22)20(3)12-15-10-16(23-4)19(25-6)17(11-15)24-5/h7-11H,12H2,1-6H3. The highest BCUT2D eigenvalue weighted by Gasteiger charge is 2.24. The quantitative estimate of drug-likeness (QED) is 0.739. The van der Waals surface area contributed by atoms with Gasteiger partial charge in [-0.05, 0) is 43.2 Å². The Hall–Kier alpha value is -2.25. The number of aryl methyl sites for hydroxylation is 2. The minimum atomic E-state index is -3.62. The van der Waals surface area contributed by atoms with Crippen LogP contribution in [0.5, 0.6) is 17.2 Å². The second-order valence-electron chi connectivity index (χ2n) is 6.06. The molecule has 0 radical (unpaired) electrons. The van der Waals surface area contributed by atoms with Crippen molar-refractivity contribution in [1.82, 2.24) is 4.31 Å². The van der Waals surface area contributed by atoms with E-state index in [0.29, 0.717) is 22.1 Å². The highest BCUT2D eigenvalue weighted by Crippen LogP contribution is 2.38. The summed E-state index contributed by atoms with van der Waals surface area (Å²) >= 11 is 0. The summed E-state index contributed by atoms with van der Waals surface area (Å²) in [6.07, 6.45) is 0. The van der Waals surface area contributed by atoms with Crippen molar-refractivity contribution in [2.75, 3.05) is 28.4 Å². The molecule has 0 fully saturated rings. The molecule has 6 nitrogen and oxygen atoms in total. The van der Waals surface area contributed by atoms with Gasteiger partial charge in [0.2, 0.25) is 15.8 Å². The lowest BCUT2D eigenvalue weighted by Crippen LogP contribution is -2.27. The number of benzene rings is 2. The van der Waals surface area contributed by atoms with Gasteiger partial charge in [0, 0.05) is 13.6 Å². The summed E-state index contributed by atoms with van der Waals surface area (Å²) in [6, 6.07) is 8.80. The van der Waals surface area contributed by atoms with Crippen LogP contribution in [0, 0.1) is 13.8 Å². The van der Waals surface area contributed by atoms with Gasteiger partial charge < -0.3 is 14.2 Å². The fourth-order valence-corrected chi connectivity index (χ4v) is 4.19. The zero-order valence-electron chi connectivity index (χ0n) is 16.0. The second kappa shape index (κ2) is 7.97. The minimum Gasteiger partial charge on any atom is -0.493 e. The molecule has 26 heavy (non-hydrogen) atoms. The molecule has 0 unspecified atom stereocenters. The molecule has 0 aliphatic rings. The van der Waals surface area contributed by atoms with Gasteiger partial charge in [-0.1, -0.05) is 17.7 Å². The third-order valence-electron chi connectivity index (χ3n) is 4.15. The van der Waals surface area contributed by atoms with Crippen molar-refractivity contribution in [3.8, 4) is 17.2 Å². The van der Waals surface area contributed by atoms with Crippen LogP contribution in [-0.4, -0.2) is 41.1 Å². The first-order chi connectivity index (χ1) is 12.2. The van der Waals surface area contributed by atoms with Gasteiger partial charge in [0.15, 0.2) is 11.5 Å². The summed E-state index contributed by atoms with van der Waals surface area (Å²) in [5, 5.41) is 0. The minimum absolute atomic E-state index is 0.173. The Labute approximate surface area is 155 Å². The number of rotatable bonds is 7. The van der Waals surface area contributed by atoms with Crippen LogP contribution in [0.3, 0.4) is 0 Å². The van der Waals surface area contributed by atoms with Crippen molar-refractivity contribution >= 4 is 10.0 Å². The molecule has 0 atom stereocenters. The molecule has 2 rings (SSSR count). The van der Waals surface area contributed by atoms with Crippen LogP contribution >= 0.6 is 0 Å². The first-order valence-corrected chi connectivity index (χ1v) is 9.51. The van der Waals surface area contributed by atoms with Gasteiger partial charge >= 0.3 is 0 Å². The average molecular weight is 379 g/mol. The van der Waals surface area contributed by atoms with Crippen molar-refractivity contribution in [2.24, 2.45) is 0 Å². The van der Waals surface area contributed by atoms with E-state index in [-0.39, 0.29) is 6.54 Å². The summed E-state index contributed by atoms with van der Waals surface area (Å²) < 4.78 is 43.2. The lowest BCUT2D eigenvalue weighted by atomic mass is 10.2. The van der Waals surface area contributed by atoms with Gasteiger partial charge in [-0.3, -0.25) is 0 Å². The predicted octanol–water partition coefficient (Wildman–Crippen LogP) is 3.15. The number of nitrogens with zero attached hydrogens (tertiary/aromatic N) is 1. The van der Waals surface area contributed by atoms with Gasteiger partial charge in [0.1, 0.15) is 0 Å². The highest BCUT2D eigenvalue weighted by atomic mass is 32.2. The van der Waals surface area contributed by atoms with Crippen molar-refractivity contribution in [3.05, 3.63) is 47.0 Å². The average Bonchev–Trinajstić information content (AvgIpc) is 2.60. The maximum absolute atomic E-state index is 12.9. The fraction of sp³-hybridized carbons (Fsp3) is 0.368. The molecule has 0 aliphatic heterocycles. The van der Waals surface area contributed by atoms with Crippen LogP contribution in [0.4, 0.5) is 0 Å². The normalized spacial score (nSPS) is 11.5. The zero-order valence-corrected chi connectivity index (χ0v) is 16.8. The van der Waals surface area contributed by atoms with Gasteiger partial charge in [-0.25, -0.2) is 8.42 Å². The van der Waals surface area contributed by atoms with Crippen molar-refractivity contribution in [2.45, 2.75) is 25.3 Å². The summed E-state index contributed by atoms with van der Waals surface area (Å²) in [4.78, 5) is 0.304. The van der Waals surface area contributed by atoms with Gasteiger partial charge in [0.25, 0.3) is 0 Å². The number of ether oxygens (including phenoxy) is 3. The molecule has 142 valence electrons. The molecule has 7 heteroatoms. The molecule has 0 saturated heterocycles. The van der Waals surface area contributed by atoms with Gasteiger partial charge in [0.05, 0.1) is 26.2 Å². The molecule has 2 aromatic rings. The van der Waals surface area contributed by atoms with Crippen LogP contribution in [0.2, 0.25) is 0 Å². The second-order valence-corrected chi connectivity index (χ2v) is 8.08. The largest absolute Gasteiger partial charge is 0.493 e. The number of methoxy groups -OCH3 is 3. The Balaban J connectivity index is 2.38. The monoisotopic (exact) mass is 379 g/mol. The van der Waals surface area contributed by atoms with Crippen molar-refractivity contribution < 1.29 is 22.6 Å². The van der Waals surface area contributed by atoms with E-state index >= 15 is 0 Å². The fourth-order valence-electron chi connectivity index (χ4n) is 2.83. The lowest BCUT2D eigenvalue weighted by molar-refractivity contribution is 0.323. The maximum Gasteiger partial charge on any atom is 0.243 e. The van der Waals surface area contributed by atoms with Crippen LogP contribution in [0.15, 0.2) is 35.2 Å². The van der Waals surface area contributed by atoms with E-state index in [2.05, 4.69) is 0 Å². The highest BCUT2D eigenvalue weighted by molar-refractivity contribution is 7.89. The first kappa shape index (κ1) is 20.1. The van der Waals surface area contributed by atoms with Crippen molar-refractivity contribution in [3.63, 3.8) is 0 Å². The number of hydrogen-bond acceptors (Lipinski definition) is 5. The molecule has 0 aliphatic carbocycles. The lowest BCUT2D eigenvalue weighted by Gasteiger charge is -2.20. The molecule has 0 heterocycles. The van der Waals surface area contributed by atoms with Crippen LogP contribution in [0.1, 0.15) is 16.7 Å². The predicted molar refractivity (Wildman–Crippen MR) is 101 cm³/mol. The van der Waals surface area contributed by atoms with Gasteiger partial charge in [-0.15, -0.1) is 0 Å². The van der Waals surface area contributed by atoms with E-state index in [1.807, 2.05) is 13.0 Å². The number of sulfonamides is 1. The summed E-state index contributed by atoms with van der Waals surface area (Å²) in [7, 11) is 2.51. The summed E-state index contributed by atoms with van der Waals surface area (Å²) in [6.45, 7) is 3.91. The Morgan fingerprint density at radius 3 is 1.96 bits per heavy atom. The van der Waals surface area contributed by atoms with E-state index < -0.39 is 10.0 Å². The van der Waals surface area contributed by atoms with Crippen LogP contribution in [0.25, 0.3) is 0 Å². The third-order valence-corrected chi connectivity index (χ3v) is 6.11. The first-order valence-electron chi connectivity index (χ1n) is 8.07. The van der Waals surface area contributed by atoms with Crippen LogP contribution in [-0.2, 0) is 16.6 Å². The molecule has 2 aromatic carbocycles. The maximum atomic E-state index is 12.9. The summed E-state index contributed by atoms with van der Waals surface area (Å²) in [5.41, 5.74) is 2.48. The SMILES string of the molecule is COc1cc(CN(C)S(=O)(=O)c2ccc(C)cc2C)cc(OC)c1OC.